The van der Waals surface area contributed by atoms with Crippen molar-refractivity contribution in [1.82, 2.24) is 5.32 Å². The predicted molar refractivity (Wildman–Crippen MR) is 69.3 cm³/mol. The lowest BCUT2D eigenvalue weighted by atomic mass is 9.94. The molecule has 5 heteroatoms. The van der Waals surface area contributed by atoms with Crippen LogP contribution in [0.2, 0.25) is 0 Å². The highest BCUT2D eigenvalue weighted by molar-refractivity contribution is 5.76. The highest BCUT2D eigenvalue weighted by atomic mass is 16.5. The molecule has 2 N–H and O–H groups in total. The molecule has 0 aromatic carbocycles. The fraction of sp³-hybridized carbons (Fsp3) is 0.846. The lowest BCUT2D eigenvalue weighted by Gasteiger charge is -2.17. The van der Waals surface area contributed by atoms with Gasteiger partial charge < -0.3 is 15.2 Å². The average Bonchev–Trinajstić information content (AvgIpc) is 2.25. The van der Waals surface area contributed by atoms with Crippen molar-refractivity contribution < 1.29 is 19.4 Å². The fourth-order valence-electron chi connectivity index (χ4n) is 1.81. The van der Waals surface area contributed by atoms with E-state index in [-0.39, 0.29) is 18.2 Å². The number of carboxylic acids is 1. The van der Waals surface area contributed by atoms with Gasteiger partial charge in [-0.05, 0) is 25.2 Å². The largest absolute Gasteiger partial charge is 0.481 e. The third kappa shape index (κ3) is 10.1. The van der Waals surface area contributed by atoms with Crippen molar-refractivity contribution in [3.63, 3.8) is 0 Å². The van der Waals surface area contributed by atoms with E-state index in [0.29, 0.717) is 32.1 Å². The zero-order valence-electron chi connectivity index (χ0n) is 11.6. The molecule has 0 saturated heterocycles. The maximum atomic E-state index is 11.5. The first-order chi connectivity index (χ1) is 8.45. The molecule has 0 aliphatic carbocycles. The summed E-state index contributed by atoms with van der Waals surface area (Å²) in [5, 5.41) is 11.6. The summed E-state index contributed by atoms with van der Waals surface area (Å²) in [6.45, 7) is 7.41. The van der Waals surface area contributed by atoms with Crippen LogP contribution in [0.4, 0.5) is 0 Å². The van der Waals surface area contributed by atoms with Crippen LogP contribution in [-0.2, 0) is 14.3 Å². The Balaban J connectivity index is 3.93. The van der Waals surface area contributed by atoms with Gasteiger partial charge in [-0.3, -0.25) is 9.59 Å². The molecule has 0 radical (unpaired) electrons. The first-order valence-electron chi connectivity index (χ1n) is 6.51. The number of carbonyl (C=O) groups is 2. The normalized spacial score (nSPS) is 12.4. The summed E-state index contributed by atoms with van der Waals surface area (Å²) < 4.78 is 5.09. The van der Waals surface area contributed by atoms with E-state index in [1.807, 2.05) is 20.8 Å². The molecule has 0 fully saturated rings. The molecule has 1 amide bonds. The Morgan fingerprint density at radius 3 is 2.50 bits per heavy atom. The number of rotatable bonds is 10. The molecule has 106 valence electrons. The number of carbonyl (C=O) groups excluding carboxylic acids is 1. The number of ether oxygens (including phenoxy) is 1. The van der Waals surface area contributed by atoms with Crippen LogP contribution in [0.5, 0.6) is 0 Å². The number of aliphatic carboxylic acids is 1. The van der Waals surface area contributed by atoms with Crippen LogP contribution >= 0.6 is 0 Å². The topological polar surface area (TPSA) is 75.6 Å². The van der Waals surface area contributed by atoms with Gasteiger partial charge in [0.2, 0.25) is 5.91 Å². The number of amides is 1. The second-order valence-corrected chi connectivity index (χ2v) is 4.84. The molecule has 0 aliphatic heterocycles. The van der Waals surface area contributed by atoms with E-state index in [9.17, 15) is 9.59 Å². The maximum Gasteiger partial charge on any atom is 0.303 e. The monoisotopic (exact) mass is 259 g/mol. The summed E-state index contributed by atoms with van der Waals surface area (Å²) in [4.78, 5) is 22.2. The molecular weight excluding hydrogens is 234 g/mol. The van der Waals surface area contributed by atoms with E-state index in [1.54, 1.807) is 0 Å². The molecule has 0 bridgehead atoms. The zero-order valence-corrected chi connectivity index (χ0v) is 11.6. The van der Waals surface area contributed by atoms with E-state index in [1.165, 1.54) is 0 Å². The van der Waals surface area contributed by atoms with Gasteiger partial charge in [0.1, 0.15) is 0 Å². The highest BCUT2D eigenvalue weighted by Gasteiger charge is 2.15. The molecule has 0 unspecified atom stereocenters. The van der Waals surface area contributed by atoms with Gasteiger partial charge >= 0.3 is 5.97 Å². The maximum absolute atomic E-state index is 11.5. The van der Waals surface area contributed by atoms with E-state index < -0.39 is 5.97 Å². The fourth-order valence-corrected chi connectivity index (χ4v) is 1.81. The van der Waals surface area contributed by atoms with Gasteiger partial charge in [-0.1, -0.05) is 13.8 Å². The number of carboxylic acid groups (broad SMARTS) is 1. The van der Waals surface area contributed by atoms with Gasteiger partial charge in [-0.15, -0.1) is 0 Å². The SMILES string of the molecule is CCOCCC(=O)NC[C@H](CC(=O)O)CC(C)C. The van der Waals surface area contributed by atoms with Crippen molar-refractivity contribution >= 4 is 11.9 Å². The lowest BCUT2D eigenvalue weighted by molar-refractivity contribution is -0.138. The van der Waals surface area contributed by atoms with Crippen molar-refractivity contribution in [3.05, 3.63) is 0 Å². The van der Waals surface area contributed by atoms with Crippen LogP contribution in [0.3, 0.4) is 0 Å². The smallest absolute Gasteiger partial charge is 0.303 e. The van der Waals surface area contributed by atoms with Crippen LogP contribution < -0.4 is 5.32 Å². The first-order valence-corrected chi connectivity index (χ1v) is 6.51. The van der Waals surface area contributed by atoms with Gasteiger partial charge in [0.25, 0.3) is 0 Å². The summed E-state index contributed by atoms with van der Waals surface area (Å²) in [6, 6.07) is 0. The van der Waals surface area contributed by atoms with E-state index >= 15 is 0 Å². The second-order valence-electron chi connectivity index (χ2n) is 4.84. The molecule has 0 rings (SSSR count). The third-order valence-electron chi connectivity index (χ3n) is 2.53. The Bertz CT molecular complexity index is 253. The molecule has 0 spiro atoms. The summed E-state index contributed by atoms with van der Waals surface area (Å²) in [5.74, 6) is -0.472. The van der Waals surface area contributed by atoms with Crippen molar-refractivity contribution in [3.8, 4) is 0 Å². The van der Waals surface area contributed by atoms with Gasteiger partial charge in [0.05, 0.1) is 6.61 Å². The molecule has 0 aliphatic rings. The Hall–Kier alpha value is -1.10. The molecule has 0 saturated carbocycles. The quantitative estimate of drug-likeness (QED) is 0.585. The van der Waals surface area contributed by atoms with Gasteiger partial charge in [0.15, 0.2) is 0 Å². The summed E-state index contributed by atoms with van der Waals surface area (Å²) in [7, 11) is 0. The van der Waals surface area contributed by atoms with Crippen LogP contribution in [0.1, 0.15) is 40.0 Å². The zero-order chi connectivity index (χ0) is 14.0. The minimum atomic E-state index is -0.816. The first kappa shape index (κ1) is 16.9. The summed E-state index contributed by atoms with van der Waals surface area (Å²) in [6.07, 6.45) is 1.23. The van der Waals surface area contributed by atoms with Gasteiger partial charge in [-0.2, -0.15) is 0 Å². The molecule has 5 nitrogen and oxygen atoms in total. The molecular formula is C13H25NO4. The number of nitrogens with one attached hydrogen (secondary N) is 1. The Morgan fingerprint density at radius 1 is 1.33 bits per heavy atom. The van der Waals surface area contributed by atoms with Crippen molar-refractivity contribution in [1.29, 1.82) is 0 Å². The second kappa shape index (κ2) is 9.88. The molecule has 0 heterocycles. The van der Waals surface area contributed by atoms with Crippen LogP contribution in [-0.4, -0.2) is 36.7 Å². The lowest BCUT2D eigenvalue weighted by Crippen LogP contribution is -2.31. The van der Waals surface area contributed by atoms with Crippen molar-refractivity contribution in [2.75, 3.05) is 19.8 Å². The minimum absolute atomic E-state index is 0.00135. The van der Waals surface area contributed by atoms with Crippen molar-refractivity contribution in [2.45, 2.75) is 40.0 Å². The van der Waals surface area contributed by atoms with E-state index in [0.717, 1.165) is 6.42 Å². The Morgan fingerprint density at radius 2 is 2.00 bits per heavy atom. The minimum Gasteiger partial charge on any atom is -0.481 e. The number of hydrogen-bond acceptors (Lipinski definition) is 3. The highest BCUT2D eigenvalue weighted by Crippen LogP contribution is 2.14. The Kier molecular flexibility index (Phi) is 9.28. The Labute approximate surface area is 109 Å². The summed E-state index contributed by atoms with van der Waals surface area (Å²) in [5.41, 5.74) is 0. The van der Waals surface area contributed by atoms with Crippen LogP contribution in [0.15, 0.2) is 0 Å². The molecule has 18 heavy (non-hydrogen) atoms. The molecule has 1 atom stereocenters. The predicted octanol–water partition coefficient (Wildman–Crippen LogP) is 1.67. The van der Waals surface area contributed by atoms with Crippen molar-refractivity contribution in [2.24, 2.45) is 11.8 Å². The standard InChI is InChI=1S/C13H25NO4/c1-4-18-6-5-12(15)14-9-11(7-10(2)3)8-13(16)17/h10-11H,4-9H2,1-3H3,(H,14,15)(H,16,17)/t11-/m0/s1. The third-order valence-corrected chi connectivity index (χ3v) is 2.53. The summed E-state index contributed by atoms with van der Waals surface area (Å²) >= 11 is 0. The number of hydrogen-bond donors (Lipinski definition) is 2. The average molecular weight is 259 g/mol. The van der Waals surface area contributed by atoms with E-state index in [2.05, 4.69) is 5.32 Å². The molecule has 0 aromatic rings. The van der Waals surface area contributed by atoms with Gasteiger partial charge in [-0.25, -0.2) is 0 Å². The van der Waals surface area contributed by atoms with Crippen LogP contribution in [0, 0.1) is 11.8 Å². The van der Waals surface area contributed by atoms with Gasteiger partial charge in [0, 0.05) is 26.0 Å². The molecule has 0 aromatic heterocycles. The van der Waals surface area contributed by atoms with Crippen LogP contribution in [0.25, 0.3) is 0 Å². The van der Waals surface area contributed by atoms with E-state index in [4.69, 9.17) is 9.84 Å².